The van der Waals surface area contributed by atoms with E-state index in [0.717, 1.165) is 63.9 Å². The molecule has 7 unspecified atom stereocenters. The lowest BCUT2D eigenvalue weighted by Gasteiger charge is -2.62. The average Bonchev–Trinajstić information content (AvgIpc) is 3.41. The maximum absolute atomic E-state index is 14.1. The number of benzene rings is 1. The van der Waals surface area contributed by atoms with Crippen LogP contribution in [-0.4, -0.2) is 34.9 Å². The van der Waals surface area contributed by atoms with Crippen LogP contribution in [0, 0.1) is 52.1 Å². The van der Waals surface area contributed by atoms with Gasteiger partial charge in [0.15, 0.2) is 0 Å². The largest absolute Gasteiger partial charge is 0.393 e. The molecule has 2 N–H and O–H groups in total. The highest BCUT2D eigenvalue weighted by Gasteiger charge is 2.62. The molecule has 9 atom stereocenters. The lowest BCUT2D eigenvalue weighted by Crippen LogP contribution is -2.58. The van der Waals surface area contributed by atoms with Gasteiger partial charge >= 0.3 is 0 Å². The van der Waals surface area contributed by atoms with Crippen molar-refractivity contribution in [1.82, 2.24) is 0 Å². The Kier molecular flexibility index (Phi) is 6.46. The number of hydrogen-bond acceptors (Lipinski definition) is 3. The molecule has 1 aromatic carbocycles. The molecule has 204 valence electrons. The number of hydrogen-bond donors (Lipinski definition) is 2. The SMILES string of the molecule is CC12CC[C@@H](O)CC1CC(O)C1C2CCC2(C)C1CC[C@@H]2CCCC(=O)N1CCc2c(F)cc(F)cc21. The standard InChI is InChI=1S/C31H43F2NO3/c1-30-12-9-24-29(27(36)15-19-14-21(35)8-11-31(19,24)2)23(30)7-6-18(30)4-3-5-28(37)34-13-10-22-25(33)16-20(32)17-26(22)34/h16-19,21,23-24,27,29,35-36H,3-15H2,1-2H3/t18-,19?,21+,23?,24?,27?,29?,30?,31?/m0/s1. The van der Waals surface area contributed by atoms with Gasteiger partial charge in [0, 0.05) is 24.6 Å². The van der Waals surface area contributed by atoms with Gasteiger partial charge < -0.3 is 15.1 Å². The number of rotatable bonds is 4. The minimum Gasteiger partial charge on any atom is -0.393 e. The van der Waals surface area contributed by atoms with Crippen LogP contribution in [0.2, 0.25) is 0 Å². The van der Waals surface area contributed by atoms with Crippen LogP contribution < -0.4 is 4.90 Å². The lowest BCUT2D eigenvalue weighted by atomic mass is 9.44. The summed E-state index contributed by atoms with van der Waals surface area (Å²) in [4.78, 5) is 14.6. The third-order valence-corrected chi connectivity index (χ3v) is 12.1. The smallest absolute Gasteiger partial charge is 0.226 e. The Morgan fingerprint density at radius 3 is 2.59 bits per heavy atom. The number of aliphatic hydroxyl groups is 2. The maximum Gasteiger partial charge on any atom is 0.226 e. The van der Waals surface area contributed by atoms with E-state index in [1.54, 1.807) is 4.90 Å². The second-order valence-corrected chi connectivity index (χ2v) is 13.6. The van der Waals surface area contributed by atoms with Gasteiger partial charge in [-0.15, -0.1) is 0 Å². The van der Waals surface area contributed by atoms with E-state index in [4.69, 9.17) is 0 Å². The molecule has 4 fully saturated rings. The van der Waals surface area contributed by atoms with E-state index in [0.29, 0.717) is 60.2 Å². The summed E-state index contributed by atoms with van der Waals surface area (Å²) in [5.41, 5.74) is 1.30. The molecule has 1 aromatic rings. The zero-order valence-electron chi connectivity index (χ0n) is 22.4. The Morgan fingerprint density at radius 2 is 1.78 bits per heavy atom. The molecule has 1 amide bonds. The summed E-state index contributed by atoms with van der Waals surface area (Å²) in [5.74, 6) is 1.19. The average molecular weight is 516 g/mol. The fourth-order valence-corrected chi connectivity index (χ4v) is 10.1. The minimum absolute atomic E-state index is 0.0340. The number of nitrogens with zero attached hydrogens (tertiary/aromatic N) is 1. The molecule has 0 radical (unpaired) electrons. The van der Waals surface area contributed by atoms with Crippen LogP contribution in [0.4, 0.5) is 14.5 Å². The molecule has 0 bridgehead atoms. The molecule has 4 saturated carbocycles. The van der Waals surface area contributed by atoms with E-state index >= 15 is 0 Å². The predicted octanol–water partition coefficient (Wildman–Crippen LogP) is 6.01. The molecule has 6 rings (SSSR count). The summed E-state index contributed by atoms with van der Waals surface area (Å²) in [6.07, 6.45) is 10.5. The van der Waals surface area contributed by atoms with Crippen molar-refractivity contribution in [3.63, 3.8) is 0 Å². The van der Waals surface area contributed by atoms with E-state index in [9.17, 15) is 23.8 Å². The van der Waals surface area contributed by atoms with Gasteiger partial charge in [0.2, 0.25) is 5.91 Å². The van der Waals surface area contributed by atoms with Crippen LogP contribution in [0.1, 0.15) is 90.0 Å². The van der Waals surface area contributed by atoms with Gasteiger partial charge in [-0.3, -0.25) is 4.79 Å². The number of carbonyl (C=O) groups is 1. The molecule has 1 aliphatic heterocycles. The van der Waals surface area contributed by atoms with Crippen LogP contribution in [-0.2, 0) is 11.2 Å². The van der Waals surface area contributed by atoms with Gasteiger partial charge in [0.25, 0.3) is 0 Å². The topological polar surface area (TPSA) is 60.8 Å². The number of halogens is 2. The summed E-state index contributed by atoms with van der Waals surface area (Å²) in [6, 6.07) is 2.19. The summed E-state index contributed by atoms with van der Waals surface area (Å²) < 4.78 is 27.9. The summed E-state index contributed by atoms with van der Waals surface area (Å²) in [7, 11) is 0. The van der Waals surface area contributed by atoms with Gasteiger partial charge in [0.1, 0.15) is 11.6 Å². The zero-order valence-corrected chi connectivity index (χ0v) is 22.4. The number of anilines is 1. The van der Waals surface area contributed by atoms with E-state index in [1.165, 1.54) is 12.5 Å². The van der Waals surface area contributed by atoms with Crippen molar-refractivity contribution in [3.05, 3.63) is 29.3 Å². The molecule has 0 saturated heterocycles. The Labute approximate surface area is 219 Å². The fraction of sp³-hybridized carbons (Fsp3) is 0.774. The van der Waals surface area contributed by atoms with Crippen molar-refractivity contribution >= 4 is 11.6 Å². The number of fused-ring (bicyclic) bond motifs is 6. The molecule has 4 aliphatic carbocycles. The van der Waals surface area contributed by atoms with E-state index in [2.05, 4.69) is 13.8 Å². The second kappa shape index (κ2) is 9.29. The Balaban J connectivity index is 1.10. The molecule has 1 heterocycles. The maximum atomic E-state index is 14.1. The molecule has 0 aromatic heterocycles. The first-order valence-corrected chi connectivity index (χ1v) is 14.8. The van der Waals surface area contributed by atoms with Gasteiger partial charge in [-0.2, -0.15) is 0 Å². The van der Waals surface area contributed by atoms with Crippen molar-refractivity contribution < 1.29 is 23.8 Å². The molecular weight excluding hydrogens is 472 g/mol. The van der Waals surface area contributed by atoms with E-state index in [-0.39, 0.29) is 28.9 Å². The van der Waals surface area contributed by atoms with Crippen LogP contribution in [0.25, 0.3) is 0 Å². The lowest BCUT2D eigenvalue weighted by molar-refractivity contribution is -0.172. The highest BCUT2D eigenvalue weighted by molar-refractivity contribution is 5.95. The highest BCUT2D eigenvalue weighted by atomic mass is 19.1. The third-order valence-electron chi connectivity index (χ3n) is 12.1. The first kappa shape index (κ1) is 25.7. The first-order valence-electron chi connectivity index (χ1n) is 14.8. The molecule has 37 heavy (non-hydrogen) atoms. The fourth-order valence-electron chi connectivity index (χ4n) is 10.1. The van der Waals surface area contributed by atoms with Crippen molar-refractivity contribution in [3.8, 4) is 0 Å². The predicted molar refractivity (Wildman–Crippen MR) is 139 cm³/mol. The summed E-state index contributed by atoms with van der Waals surface area (Å²) >= 11 is 0. The second-order valence-electron chi connectivity index (χ2n) is 13.6. The Bertz CT molecular complexity index is 1060. The molecule has 4 nitrogen and oxygen atoms in total. The molecule has 5 aliphatic rings. The van der Waals surface area contributed by atoms with Crippen molar-refractivity contribution in [2.75, 3.05) is 11.4 Å². The normalized spacial score (nSPS) is 42.6. The van der Waals surface area contributed by atoms with Crippen LogP contribution >= 0.6 is 0 Å². The number of amides is 1. The minimum atomic E-state index is -0.633. The first-order chi connectivity index (χ1) is 17.6. The monoisotopic (exact) mass is 515 g/mol. The van der Waals surface area contributed by atoms with Crippen molar-refractivity contribution in [2.24, 2.45) is 40.4 Å². The van der Waals surface area contributed by atoms with Crippen molar-refractivity contribution in [2.45, 2.75) is 103 Å². The summed E-state index contributed by atoms with van der Waals surface area (Å²) in [5, 5.41) is 21.7. The number of aliphatic hydroxyl groups excluding tert-OH is 2. The molecular formula is C31H43F2NO3. The van der Waals surface area contributed by atoms with Gasteiger partial charge in [-0.25, -0.2) is 8.78 Å². The van der Waals surface area contributed by atoms with E-state index < -0.39 is 11.6 Å². The Hall–Kier alpha value is -1.53. The zero-order chi connectivity index (χ0) is 26.1. The van der Waals surface area contributed by atoms with Crippen LogP contribution in [0.5, 0.6) is 0 Å². The van der Waals surface area contributed by atoms with Crippen LogP contribution in [0.3, 0.4) is 0 Å². The van der Waals surface area contributed by atoms with Gasteiger partial charge in [0.05, 0.1) is 17.9 Å². The van der Waals surface area contributed by atoms with Crippen LogP contribution in [0.15, 0.2) is 12.1 Å². The van der Waals surface area contributed by atoms with E-state index in [1.807, 2.05) is 0 Å². The Morgan fingerprint density at radius 1 is 1.03 bits per heavy atom. The quantitative estimate of drug-likeness (QED) is 0.516. The van der Waals surface area contributed by atoms with Gasteiger partial charge in [-0.05, 0) is 117 Å². The molecule has 0 spiro atoms. The third kappa shape index (κ3) is 4.07. The van der Waals surface area contributed by atoms with Gasteiger partial charge in [-0.1, -0.05) is 13.8 Å². The highest BCUT2D eigenvalue weighted by Crippen LogP contribution is 2.67. The van der Waals surface area contributed by atoms with Crippen molar-refractivity contribution in [1.29, 1.82) is 0 Å². The number of carbonyl (C=O) groups excluding carboxylic acids is 1. The summed E-state index contributed by atoms with van der Waals surface area (Å²) in [6.45, 7) is 5.32. The molecule has 6 heteroatoms.